The summed E-state index contributed by atoms with van der Waals surface area (Å²) in [6, 6.07) is 8.99. The molecule has 0 saturated carbocycles. The minimum atomic E-state index is -3.61. The summed E-state index contributed by atoms with van der Waals surface area (Å²) in [5.74, 6) is -2.02. The van der Waals surface area contributed by atoms with Gasteiger partial charge in [-0.2, -0.15) is 0 Å². The van der Waals surface area contributed by atoms with E-state index < -0.39 is 57.2 Å². The quantitative estimate of drug-likeness (QED) is 0.454. The van der Waals surface area contributed by atoms with Crippen molar-refractivity contribution in [3.05, 3.63) is 56.2 Å². The molecule has 1 amide bonds. The molecule has 35 heavy (non-hydrogen) atoms. The molecule has 11 heteroatoms. The van der Waals surface area contributed by atoms with Crippen LogP contribution in [0.15, 0.2) is 36.4 Å². The average Bonchev–Trinajstić information content (AvgIpc) is 3.18. The molecular formula is C24H29Cl2NO6S2. The second kappa shape index (κ2) is 10.8. The fraction of sp³-hybridized carbons (Fsp3) is 0.500. The second-order valence-corrected chi connectivity index (χ2v) is 14.5. The number of hydrogen-bond donors (Lipinski definition) is 1. The zero-order valence-corrected chi connectivity index (χ0v) is 23.0. The number of aliphatic carboxylic acids is 1. The number of benzene rings is 1. The zero-order chi connectivity index (χ0) is 26.1. The van der Waals surface area contributed by atoms with Gasteiger partial charge in [0.15, 0.2) is 9.84 Å². The van der Waals surface area contributed by atoms with Crippen LogP contribution in [0, 0.1) is 0 Å². The summed E-state index contributed by atoms with van der Waals surface area (Å²) >= 11 is 13.7. The SMILES string of the molecule is CCC(CS(=O)(=O)C(C)(C)C)N1C(=O)C(CC(=O)O)OC(c2cccc(Cl)c2)C1c1ccc(Cl)s1. The zero-order valence-electron chi connectivity index (χ0n) is 19.9. The fourth-order valence-corrected chi connectivity index (χ4v) is 6.86. The molecular weight excluding hydrogens is 533 g/mol. The molecule has 2 heterocycles. The first-order chi connectivity index (χ1) is 16.2. The Kier molecular flexibility index (Phi) is 8.59. The van der Waals surface area contributed by atoms with E-state index >= 15 is 0 Å². The largest absolute Gasteiger partial charge is 0.481 e. The average molecular weight is 563 g/mol. The van der Waals surface area contributed by atoms with E-state index in [4.69, 9.17) is 27.9 Å². The molecule has 1 aromatic heterocycles. The summed E-state index contributed by atoms with van der Waals surface area (Å²) in [6.07, 6.45) is -2.27. The van der Waals surface area contributed by atoms with E-state index in [-0.39, 0.29) is 5.75 Å². The van der Waals surface area contributed by atoms with E-state index in [1.165, 1.54) is 16.2 Å². The van der Waals surface area contributed by atoms with E-state index in [1.807, 2.05) is 6.92 Å². The van der Waals surface area contributed by atoms with Crippen LogP contribution < -0.4 is 0 Å². The van der Waals surface area contributed by atoms with Crippen molar-refractivity contribution >= 4 is 56.3 Å². The molecule has 0 radical (unpaired) electrons. The maximum absolute atomic E-state index is 13.7. The molecule has 1 aliphatic heterocycles. The summed E-state index contributed by atoms with van der Waals surface area (Å²) in [5.41, 5.74) is 0.647. The lowest BCUT2D eigenvalue weighted by Crippen LogP contribution is -2.57. The first-order valence-corrected chi connectivity index (χ1v) is 14.4. The lowest BCUT2D eigenvalue weighted by molar-refractivity contribution is -0.182. The van der Waals surface area contributed by atoms with Crippen LogP contribution in [0.4, 0.5) is 0 Å². The molecule has 1 aromatic carbocycles. The van der Waals surface area contributed by atoms with Gasteiger partial charge in [0.1, 0.15) is 12.2 Å². The highest BCUT2D eigenvalue weighted by Gasteiger charge is 2.49. The van der Waals surface area contributed by atoms with Gasteiger partial charge in [0.2, 0.25) is 0 Å². The second-order valence-electron chi connectivity index (χ2n) is 9.49. The van der Waals surface area contributed by atoms with Gasteiger partial charge in [-0.25, -0.2) is 8.42 Å². The summed E-state index contributed by atoms with van der Waals surface area (Å²) in [4.78, 5) is 27.5. The van der Waals surface area contributed by atoms with Crippen molar-refractivity contribution < 1.29 is 27.9 Å². The predicted molar refractivity (Wildman–Crippen MR) is 138 cm³/mol. The van der Waals surface area contributed by atoms with E-state index in [1.54, 1.807) is 57.2 Å². The van der Waals surface area contributed by atoms with Gasteiger partial charge in [0.25, 0.3) is 5.91 Å². The monoisotopic (exact) mass is 561 g/mol. The van der Waals surface area contributed by atoms with Crippen LogP contribution >= 0.6 is 34.5 Å². The minimum Gasteiger partial charge on any atom is -0.481 e. The van der Waals surface area contributed by atoms with Gasteiger partial charge < -0.3 is 14.7 Å². The Morgan fingerprint density at radius 2 is 1.91 bits per heavy atom. The lowest BCUT2D eigenvalue weighted by atomic mass is 9.93. The fourth-order valence-electron chi connectivity index (χ4n) is 4.08. The molecule has 0 spiro atoms. The van der Waals surface area contributed by atoms with Crippen LogP contribution in [-0.2, 0) is 24.2 Å². The van der Waals surface area contributed by atoms with Gasteiger partial charge in [-0.05, 0) is 57.0 Å². The highest BCUT2D eigenvalue weighted by atomic mass is 35.5. The molecule has 1 fully saturated rings. The minimum absolute atomic E-state index is 0.267. The smallest absolute Gasteiger partial charge is 0.306 e. The number of carboxylic acids is 1. The van der Waals surface area contributed by atoms with Gasteiger partial charge in [0, 0.05) is 15.9 Å². The Labute approximate surface area is 219 Å². The molecule has 3 rings (SSSR count). The Bertz CT molecular complexity index is 1190. The van der Waals surface area contributed by atoms with Gasteiger partial charge in [-0.3, -0.25) is 9.59 Å². The third kappa shape index (κ3) is 6.20. The lowest BCUT2D eigenvalue weighted by Gasteiger charge is -2.47. The molecule has 4 atom stereocenters. The first-order valence-electron chi connectivity index (χ1n) is 11.2. The molecule has 7 nitrogen and oxygen atoms in total. The number of nitrogens with zero attached hydrogens (tertiary/aromatic N) is 1. The standard InChI is InChI=1S/C24H29Cl2NO6S2/c1-5-16(13-35(31,32)24(2,3)4)27-21(18-9-10-19(26)34-18)22(14-7-6-8-15(25)11-14)33-17(23(27)30)12-20(28)29/h6-11,16-17,21-22H,5,12-13H2,1-4H3,(H,28,29). The van der Waals surface area contributed by atoms with E-state index in [9.17, 15) is 23.1 Å². The highest BCUT2D eigenvalue weighted by Crippen LogP contribution is 2.47. The summed E-state index contributed by atoms with van der Waals surface area (Å²) in [6.45, 7) is 6.67. The van der Waals surface area contributed by atoms with Crippen LogP contribution in [-0.4, -0.2) is 52.9 Å². The van der Waals surface area contributed by atoms with Crippen molar-refractivity contribution in [1.82, 2.24) is 4.90 Å². The number of carbonyl (C=O) groups is 2. The van der Waals surface area contributed by atoms with Crippen molar-refractivity contribution in [3.8, 4) is 0 Å². The Hall–Kier alpha value is -1.65. The number of carboxylic acid groups (broad SMARTS) is 1. The molecule has 1 saturated heterocycles. The molecule has 4 unspecified atom stereocenters. The number of thiophene rings is 1. The third-order valence-corrected chi connectivity index (χ3v) is 10.3. The molecule has 192 valence electrons. The van der Waals surface area contributed by atoms with Crippen LogP contribution in [0.1, 0.15) is 63.1 Å². The molecule has 0 aliphatic carbocycles. The van der Waals surface area contributed by atoms with Gasteiger partial charge >= 0.3 is 5.97 Å². The number of halogens is 2. The Morgan fingerprint density at radius 1 is 1.23 bits per heavy atom. The highest BCUT2D eigenvalue weighted by molar-refractivity contribution is 7.92. The third-order valence-electron chi connectivity index (χ3n) is 6.06. The number of amides is 1. The molecule has 0 bridgehead atoms. The van der Waals surface area contributed by atoms with Crippen LogP contribution in [0.5, 0.6) is 0 Å². The van der Waals surface area contributed by atoms with Crippen molar-refractivity contribution in [2.75, 3.05) is 5.75 Å². The molecule has 1 N–H and O–H groups in total. The van der Waals surface area contributed by atoms with E-state index in [2.05, 4.69) is 0 Å². The number of carbonyl (C=O) groups excluding carboxylic acids is 1. The molecule has 2 aromatic rings. The van der Waals surface area contributed by atoms with Gasteiger partial charge in [0.05, 0.1) is 27.3 Å². The number of rotatable bonds is 8. The van der Waals surface area contributed by atoms with Crippen LogP contribution in [0.3, 0.4) is 0 Å². The maximum atomic E-state index is 13.7. The van der Waals surface area contributed by atoms with Crippen molar-refractivity contribution in [3.63, 3.8) is 0 Å². The first kappa shape index (κ1) is 27.9. The Morgan fingerprint density at radius 3 is 2.43 bits per heavy atom. The Balaban J connectivity index is 2.19. The summed E-state index contributed by atoms with van der Waals surface area (Å²) in [5, 5.41) is 9.92. The maximum Gasteiger partial charge on any atom is 0.306 e. The van der Waals surface area contributed by atoms with Gasteiger partial charge in [-0.1, -0.05) is 42.3 Å². The number of morpholine rings is 1. The number of hydrogen-bond acceptors (Lipinski definition) is 6. The van der Waals surface area contributed by atoms with Gasteiger partial charge in [-0.15, -0.1) is 11.3 Å². The van der Waals surface area contributed by atoms with Crippen molar-refractivity contribution in [2.24, 2.45) is 0 Å². The van der Waals surface area contributed by atoms with Crippen molar-refractivity contribution in [1.29, 1.82) is 0 Å². The summed E-state index contributed by atoms with van der Waals surface area (Å²) in [7, 11) is -3.61. The molecule has 1 aliphatic rings. The summed E-state index contributed by atoms with van der Waals surface area (Å²) < 4.78 is 32.0. The van der Waals surface area contributed by atoms with E-state index in [0.29, 0.717) is 26.2 Å². The number of sulfone groups is 1. The van der Waals surface area contributed by atoms with Crippen LogP contribution in [0.2, 0.25) is 9.36 Å². The number of ether oxygens (including phenoxy) is 1. The topological polar surface area (TPSA) is 101 Å². The van der Waals surface area contributed by atoms with Crippen molar-refractivity contribution in [2.45, 2.75) is 69.6 Å². The normalized spacial score (nSPS) is 22.3. The van der Waals surface area contributed by atoms with E-state index in [0.717, 1.165) is 0 Å². The predicted octanol–water partition coefficient (Wildman–Crippen LogP) is 5.53. The van der Waals surface area contributed by atoms with Crippen LogP contribution in [0.25, 0.3) is 0 Å².